The molecule has 130 valence electrons. The fraction of sp³-hybridized carbons (Fsp3) is 0.526. The second-order valence-electron chi connectivity index (χ2n) is 6.96. The summed E-state index contributed by atoms with van der Waals surface area (Å²) in [6, 6.07) is 8.18. The van der Waals surface area contributed by atoms with Crippen LogP contribution in [0.5, 0.6) is 0 Å². The zero-order chi connectivity index (χ0) is 17.7. The molecule has 5 nitrogen and oxygen atoms in total. The molecule has 0 N–H and O–H groups in total. The Balaban J connectivity index is 1.94. The minimum atomic E-state index is 0.102. The van der Waals surface area contributed by atoms with Crippen LogP contribution in [0.2, 0.25) is 0 Å². The van der Waals surface area contributed by atoms with Crippen LogP contribution in [0.1, 0.15) is 51.5 Å². The number of hydrogen-bond donors (Lipinski definition) is 0. The number of aryl methyl sites for hydroxylation is 1. The highest BCUT2D eigenvalue weighted by molar-refractivity contribution is 5.76. The Hall–Kier alpha value is -2.17. The van der Waals surface area contributed by atoms with Crippen molar-refractivity contribution in [3.63, 3.8) is 0 Å². The third-order valence-electron chi connectivity index (χ3n) is 3.92. The summed E-state index contributed by atoms with van der Waals surface area (Å²) >= 11 is 0. The predicted octanol–water partition coefficient (Wildman–Crippen LogP) is 3.91. The van der Waals surface area contributed by atoms with Gasteiger partial charge in [-0.3, -0.25) is 4.79 Å². The molecular weight excluding hydrogens is 302 g/mol. The van der Waals surface area contributed by atoms with Crippen molar-refractivity contribution in [1.29, 1.82) is 0 Å². The first-order valence-electron chi connectivity index (χ1n) is 8.53. The Labute approximate surface area is 144 Å². The van der Waals surface area contributed by atoms with Crippen LogP contribution in [0.4, 0.5) is 0 Å². The van der Waals surface area contributed by atoms with Gasteiger partial charge in [0.05, 0.1) is 0 Å². The van der Waals surface area contributed by atoms with Crippen LogP contribution in [0.25, 0.3) is 11.4 Å². The third-order valence-corrected chi connectivity index (χ3v) is 3.92. The van der Waals surface area contributed by atoms with E-state index in [-0.39, 0.29) is 5.91 Å². The normalized spacial score (nSPS) is 11.3. The van der Waals surface area contributed by atoms with Crippen molar-refractivity contribution in [2.24, 2.45) is 5.92 Å². The number of aromatic nitrogens is 2. The molecule has 0 atom stereocenters. The predicted molar refractivity (Wildman–Crippen MR) is 94.6 cm³/mol. The van der Waals surface area contributed by atoms with E-state index in [2.05, 4.69) is 50.0 Å². The average Bonchev–Trinajstić information content (AvgIpc) is 3.01. The van der Waals surface area contributed by atoms with Crippen LogP contribution >= 0.6 is 0 Å². The molecule has 0 aliphatic rings. The lowest BCUT2D eigenvalue weighted by Crippen LogP contribution is -2.30. The van der Waals surface area contributed by atoms with Crippen molar-refractivity contribution in [1.82, 2.24) is 15.0 Å². The van der Waals surface area contributed by atoms with E-state index in [1.54, 1.807) is 4.90 Å². The first-order valence-corrected chi connectivity index (χ1v) is 8.53. The van der Waals surface area contributed by atoms with E-state index < -0.39 is 0 Å². The molecule has 1 amide bonds. The van der Waals surface area contributed by atoms with E-state index in [1.165, 1.54) is 5.56 Å². The summed E-state index contributed by atoms with van der Waals surface area (Å²) in [6.07, 6.45) is 0.857. The Morgan fingerprint density at radius 1 is 1.17 bits per heavy atom. The van der Waals surface area contributed by atoms with Crippen molar-refractivity contribution >= 4 is 5.91 Å². The standard InChI is InChI=1S/C19H27N3O2/c1-13(2)12-22(5)18(23)11-10-17-20-19(21-24-17)16-8-6-15(7-9-16)14(3)4/h6-9,13-14H,10-12H2,1-5H3. The third kappa shape index (κ3) is 4.91. The topological polar surface area (TPSA) is 59.2 Å². The van der Waals surface area contributed by atoms with E-state index in [0.717, 1.165) is 12.1 Å². The minimum Gasteiger partial charge on any atom is -0.345 e. The fourth-order valence-electron chi connectivity index (χ4n) is 2.55. The SMILES string of the molecule is CC(C)CN(C)C(=O)CCc1nc(-c2ccc(C(C)C)cc2)no1. The Kier molecular flexibility index (Phi) is 6.12. The summed E-state index contributed by atoms with van der Waals surface area (Å²) < 4.78 is 5.28. The van der Waals surface area contributed by atoms with Gasteiger partial charge in [-0.05, 0) is 17.4 Å². The quantitative estimate of drug-likeness (QED) is 0.773. The largest absolute Gasteiger partial charge is 0.345 e. The maximum Gasteiger partial charge on any atom is 0.227 e. The summed E-state index contributed by atoms with van der Waals surface area (Å²) in [5, 5.41) is 4.02. The summed E-state index contributed by atoms with van der Waals surface area (Å²) in [6.45, 7) is 9.27. The number of carbonyl (C=O) groups is 1. The Morgan fingerprint density at radius 2 is 1.83 bits per heavy atom. The first-order chi connectivity index (χ1) is 11.4. The molecule has 0 unspecified atom stereocenters. The van der Waals surface area contributed by atoms with E-state index in [1.807, 2.05) is 19.2 Å². The minimum absolute atomic E-state index is 0.102. The van der Waals surface area contributed by atoms with Crippen LogP contribution in [-0.4, -0.2) is 34.5 Å². The molecule has 0 radical (unpaired) electrons. The molecule has 0 saturated carbocycles. The van der Waals surface area contributed by atoms with Crippen LogP contribution < -0.4 is 0 Å². The summed E-state index contributed by atoms with van der Waals surface area (Å²) in [7, 11) is 1.83. The molecule has 5 heteroatoms. The van der Waals surface area contributed by atoms with Crippen molar-refractivity contribution in [3.05, 3.63) is 35.7 Å². The molecule has 1 aromatic heterocycles. The van der Waals surface area contributed by atoms with Gasteiger partial charge in [-0.2, -0.15) is 4.98 Å². The molecule has 1 aromatic carbocycles. The van der Waals surface area contributed by atoms with Crippen molar-refractivity contribution in [3.8, 4) is 11.4 Å². The van der Waals surface area contributed by atoms with Gasteiger partial charge in [-0.15, -0.1) is 0 Å². The smallest absolute Gasteiger partial charge is 0.227 e. The van der Waals surface area contributed by atoms with Gasteiger partial charge in [0.2, 0.25) is 17.6 Å². The number of carbonyl (C=O) groups excluding carboxylic acids is 1. The van der Waals surface area contributed by atoms with Crippen molar-refractivity contribution < 1.29 is 9.32 Å². The molecule has 0 bridgehead atoms. The van der Waals surface area contributed by atoms with Gasteiger partial charge >= 0.3 is 0 Å². The molecule has 2 rings (SSSR count). The van der Waals surface area contributed by atoms with Crippen LogP contribution in [0.3, 0.4) is 0 Å². The zero-order valence-corrected chi connectivity index (χ0v) is 15.2. The fourth-order valence-corrected chi connectivity index (χ4v) is 2.55. The number of amides is 1. The first kappa shape index (κ1) is 18.2. The van der Waals surface area contributed by atoms with E-state index in [4.69, 9.17) is 4.52 Å². The van der Waals surface area contributed by atoms with Gasteiger partial charge in [-0.25, -0.2) is 0 Å². The van der Waals surface area contributed by atoms with Gasteiger partial charge in [0.1, 0.15) is 0 Å². The molecule has 0 spiro atoms. The molecular formula is C19H27N3O2. The Bertz CT molecular complexity index is 660. The van der Waals surface area contributed by atoms with Gasteiger partial charge < -0.3 is 9.42 Å². The molecule has 24 heavy (non-hydrogen) atoms. The lowest BCUT2D eigenvalue weighted by molar-refractivity contribution is -0.130. The highest BCUT2D eigenvalue weighted by Crippen LogP contribution is 2.20. The van der Waals surface area contributed by atoms with Gasteiger partial charge in [-0.1, -0.05) is 57.1 Å². The van der Waals surface area contributed by atoms with E-state index in [0.29, 0.717) is 36.4 Å². The Morgan fingerprint density at radius 3 is 2.42 bits per heavy atom. The molecule has 1 heterocycles. The number of benzene rings is 1. The molecule has 0 fully saturated rings. The van der Waals surface area contributed by atoms with Crippen molar-refractivity contribution in [2.45, 2.75) is 46.5 Å². The summed E-state index contributed by atoms with van der Waals surface area (Å²) in [5.74, 6) is 2.13. The second-order valence-corrected chi connectivity index (χ2v) is 6.96. The summed E-state index contributed by atoms with van der Waals surface area (Å²) in [4.78, 5) is 18.2. The maximum absolute atomic E-state index is 12.1. The van der Waals surface area contributed by atoms with E-state index in [9.17, 15) is 4.79 Å². The highest BCUT2D eigenvalue weighted by Gasteiger charge is 2.14. The molecule has 0 aliphatic heterocycles. The summed E-state index contributed by atoms with van der Waals surface area (Å²) in [5.41, 5.74) is 2.21. The van der Waals surface area contributed by atoms with Crippen LogP contribution in [0, 0.1) is 5.92 Å². The highest BCUT2D eigenvalue weighted by atomic mass is 16.5. The van der Waals surface area contributed by atoms with Gasteiger partial charge in [0.25, 0.3) is 0 Å². The molecule has 0 saturated heterocycles. The molecule has 0 aliphatic carbocycles. The number of hydrogen-bond acceptors (Lipinski definition) is 4. The molecule has 2 aromatic rings. The monoisotopic (exact) mass is 329 g/mol. The lowest BCUT2D eigenvalue weighted by Gasteiger charge is -2.18. The zero-order valence-electron chi connectivity index (χ0n) is 15.2. The van der Waals surface area contributed by atoms with Crippen LogP contribution in [-0.2, 0) is 11.2 Å². The van der Waals surface area contributed by atoms with Crippen LogP contribution in [0.15, 0.2) is 28.8 Å². The average molecular weight is 329 g/mol. The lowest BCUT2D eigenvalue weighted by atomic mass is 10.0. The number of rotatable bonds is 7. The maximum atomic E-state index is 12.1. The van der Waals surface area contributed by atoms with E-state index >= 15 is 0 Å². The number of nitrogens with zero attached hydrogens (tertiary/aromatic N) is 3. The van der Waals surface area contributed by atoms with Crippen molar-refractivity contribution in [2.75, 3.05) is 13.6 Å². The second kappa shape index (κ2) is 8.08. The van der Waals surface area contributed by atoms with Gasteiger partial charge in [0.15, 0.2) is 0 Å². The van der Waals surface area contributed by atoms with Gasteiger partial charge in [0, 0.05) is 32.0 Å².